The van der Waals surface area contributed by atoms with Crippen LogP contribution in [0.1, 0.15) is 19.3 Å². The molecule has 0 aliphatic heterocycles. The van der Waals surface area contributed by atoms with E-state index in [1.54, 1.807) is 0 Å². The summed E-state index contributed by atoms with van der Waals surface area (Å²) in [6.45, 7) is 0.591. The van der Waals surface area contributed by atoms with Gasteiger partial charge in [-0.2, -0.15) is 0 Å². The molecule has 0 heterocycles. The van der Waals surface area contributed by atoms with Crippen LogP contribution in [0.2, 0.25) is 0 Å². The van der Waals surface area contributed by atoms with Gasteiger partial charge in [-0.1, -0.05) is 0 Å². The van der Waals surface area contributed by atoms with E-state index in [0.29, 0.717) is 13.0 Å². The number of carboxylic acid groups (broad SMARTS) is 1. The van der Waals surface area contributed by atoms with Crippen LogP contribution in [0.5, 0.6) is 0 Å². The second-order valence-corrected chi connectivity index (χ2v) is 1.64. The molecule has 9 heavy (non-hydrogen) atoms. The van der Waals surface area contributed by atoms with Crippen LogP contribution in [0, 0.1) is 0 Å². The van der Waals surface area contributed by atoms with Gasteiger partial charge in [-0.05, 0) is 19.4 Å². The molecule has 0 unspecified atom stereocenters. The zero-order valence-electron chi connectivity index (χ0n) is 4.76. The van der Waals surface area contributed by atoms with Crippen molar-refractivity contribution in [2.75, 3.05) is 6.54 Å². The Bertz CT molecular complexity index is 77.4. The van der Waals surface area contributed by atoms with Gasteiger partial charge in [0.2, 0.25) is 0 Å². The van der Waals surface area contributed by atoms with Gasteiger partial charge in [0.1, 0.15) is 0 Å². The minimum atomic E-state index is -0.738. The number of hydrogen-bond donors (Lipinski definition) is 2. The van der Waals surface area contributed by atoms with Crippen LogP contribution in [0.3, 0.4) is 0 Å². The summed E-state index contributed by atoms with van der Waals surface area (Å²) in [7, 11) is 0. The number of carbonyl (C=O) groups is 1. The van der Waals surface area contributed by atoms with Crippen molar-refractivity contribution in [3.63, 3.8) is 0 Å². The summed E-state index contributed by atoms with van der Waals surface area (Å²) in [5.74, 6) is -0.738. The van der Waals surface area contributed by atoms with Crippen LogP contribution < -0.4 is 5.73 Å². The van der Waals surface area contributed by atoms with Crippen molar-refractivity contribution >= 4 is 57.4 Å². The van der Waals surface area contributed by atoms with E-state index >= 15 is 0 Å². The molecule has 0 bridgehead atoms. The summed E-state index contributed by atoms with van der Waals surface area (Å²) < 4.78 is 0. The van der Waals surface area contributed by atoms with E-state index in [4.69, 9.17) is 10.8 Å². The van der Waals surface area contributed by atoms with Gasteiger partial charge in [-0.25, -0.2) is 0 Å². The first-order valence-electron chi connectivity index (χ1n) is 2.69. The van der Waals surface area contributed by atoms with Crippen LogP contribution in [0.15, 0.2) is 0 Å². The predicted octanol–water partition coefficient (Wildman–Crippen LogP) is -0.448. The van der Waals surface area contributed by atoms with E-state index < -0.39 is 5.97 Å². The Balaban J connectivity index is 0. The molecule has 0 fully saturated rings. The van der Waals surface area contributed by atoms with Crippen LogP contribution in [-0.2, 0) is 4.79 Å². The Morgan fingerprint density at radius 2 is 2.00 bits per heavy atom. The van der Waals surface area contributed by atoms with E-state index in [1.165, 1.54) is 0 Å². The summed E-state index contributed by atoms with van der Waals surface area (Å²) in [5.41, 5.74) is 5.12. The van der Waals surface area contributed by atoms with Crippen LogP contribution in [0.4, 0.5) is 0 Å². The van der Waals surface area contributed by atoms with Crippen LogP contribution >= 0.6 is 0 Å². The molecule has 3 nitrogen and oxygen atoms in total. The fourth-order valence-corrected chi connectivity index (χ4v) is 0.421. The molecule has 0 aliphatic carbocycles. The van der Waals surface area contributed by atoms with Crippen molar-refractivity contribution in [3.05, 3.63) is 0 Å². The van der Waals surface area contributed by atoms with Gasteiger partial charge in [-0.3, -0.25) is 4.79 Å². The Morgan fingerprint density at radius 3 is 2.33 bits per heavy atom. The third kappa shape index (κ3) is 12.3. The molecule has 3 N–H and O–H groups in total. The van der Waals surface area contributed by atoms with Gasteiger partial charge in [-0.15, -0.1) is 0 Å². The Kier molecular flexibility index (Phi) is 12.8. The van der Waals surface area contributed by atoms with E-state index in [-0.39, 0.29) is 57.8 Å². The summed E-state index contributed by atoms with van der Waals surface area (Å²) in [6.07, 6.45) is 1.76. The van der Waals surface area contributed by atoms with E-state index in [0.717, 1.165) is 6.42 Å². The summed E-state index contributed by atoms with van der Waals surface area (Å²) in [4.78, 5) is 9.83. The number of rotatable bonds is 4. The molecular weight excluding hydrogens is 145 g/mol. The molecule has 0 aromatic heterocycles. The molecule has 0 amide bonds. The molecule has 0 saturated heterocycles. The molecule has 0 atom stereocenters. The van der Waals surface area contributed by atoms with Gasteiger partial charge < -0.3 is 10.8 Å². The average molecular weight is 157 g/mol. The van der Waals surface area contributed by atoms with Crippen LogP contribution in [0.25, 0.3) is 0 Å². The third-order valence-corrected chi connectivity index (χ3v) is 0.845. The first-order chi connectivity index (χ1) is 3.77. The Hall–Kier alpha value is 1.07. The van der Waals surface area contributed by atoms with Crippen molar-refractivity contribution in [2.24, 2.45) is 5.73 Å². The summed E-state index contributed by atoms with van der Waals surface area (Å²) in [6, 6.07) is 0. The maximum atomic E-state index is 9.83. The Morgan fingerprint density at radius 1 is 1.44 bits per heavy atom. The number of unbranched alkanes of at least 4 members (excludes halogenated alkanes) is 1. The minimum absolute atomic E-state index is 0. The molecule has 0 aliphatic rings. The van der Waals surface area contributed by atoms with E-state index in [1.807, 2.05) is 0 Å². The predicted molar refractivity (Wildman–Crippen MR) is 37.7 cm³/mol. The van der Waals surface area contributed by atoms with Crippen molar-refractivity contribution in [2.45, 2.75) is 19.3 Å². The Labute approximate surface area is 97.4 Å². The molecule has 0 spiro atoms. The van der Waals surface area contributed by atoms with Gasteiger partial charge in [0.05, 0.1) is 0 Å². The molecule has 4 heteroatoms. The van der Waals surface area contributed by atoms with Crippen molar-refractivity contribution in [1.29, 1.82) is 0 Å². The zero-order valence-corrected chi connectivity index (χ0v) is 4.76. The molecule has 0 radical (unpaired) electrons. The quantitative estimate of drug-likeness (QED) is 0.429. The molecule has 0 aromatic carbocycles. The second kappa shape index (κ2) is 9.07. The normalized spacial score (nSPS) is 8.11. The standard InChI is InChI=1S/C5H11NO2.K.H/c6-4-2-1-3-5(7)8;;/h1-4,6H2,(H,7,8);;. The number of nitrogens with two attached hydrogens (primary N) is 1. The molecule has 0 saturated carbocycles. The van der Waals surface area contributed by atoms with Crippen molar-refractivity contribution in [1.82, 2.24) is 0 Å². The van der Waals surface area contributed by atoms with Crippen molar-refractivity contribution < 1.29 is 9.90 Å². The SMILES string of the molecule is NCCCCC(=O)O.[KH]. The summed E-state index contributed by atoms with van der Waals surface area (Å²) >= 11 is 0. The van der Waals surface area contributed by atoms with Gasteiger partial charge in [0.25, 0.3) is 0 Å². The first kappa shape index (κ1) is 12.7. The van der Waals surface area contributed by atoms with Crippen LogP contribution in [-0.4, -0.2) is 69.0 Å². The van der Waals surface area contributed by atoms with Gasteiger partial charge >= 0.3 is 57.4 Å². The molecule has 0 aromatic rings. The van der Waals surface area contributed by atoms with Gasteiger partial charge in [0, 0.05) is 6.42 Å². The number of carboxylic acids is 1. The molecule has 0 rings (SSSR count). The van der Waals surface area contributed by atoms with Gasteiger partial charge in [0.15, 0.2) is 0 Å². The average Bonchev–Trinajstić information content (AvgIpc) is 1.66. The monoisotopic (exact) mass is 157 g/mol. The number of hydrogen-bond acceptors (Lipinski definition) is 2. The molecular formula is C5H12KNO2. The number of aliphatic carboxylic acids is 1. The molecule has 50 valence electrons. The zero-order chi connectivity index (χ0) is 6.41. The maximum absolute atomic E-state index is 9.83. The fraction of sp³-hybridized carbons (Fsp3) is 0.800. The van der Waals surface area contributed by atoms with E-state index in [2.05, 4.69) is 0 Å². The first-order valence-corrected chi connectivity index (χ1v) is 2.69. The topological polar surface area (TPSA) is 63.3 Å². The second-order valence-electron chi connectivity index (χ2n) is 1.64. The fourth-order valence-electron chi connectivity index (χ4n) is 0.421. The third-order valence-electron chi connectivity index (χ3n) is 0.845. The summed E-state index contributed by atoms with van der Waals surface area (Å²) in [5, 5.41) is 8.10. The van der Waals surface area contributed by atoms with Crippen molar-refractivity contribution in [3.8, 4) is 0 Å². The van der Waals surface area contributed by atoms with E-state index in [9.17, 15) is 4.79 Å².